The van der Waals surface area contributed by atoms with Crippen LogP contribution in [0.3, 0.4) is 0 Å². The van der Waals surface area contributed by atoms with E-state index in [9.17, 15) is 28.8 Å². The van der Waals surface area contributed by atoms with Gasteiger partial charge in [-0.3, -0.25) is 0 Å². The van der Waals surface area contributed by atoms with Crippen LogP contribution < -0.4 is 11.5 Å². The van der Waals surface area contributed by atoms with Crippen molar-refractivity contribution in [2.75, 3.05) is 13.1 Å². The largest absolute Gasteiger partial charge is 0.444 e. The summed E-state index contributed by atoms with van der Waals surface area (Å²) in [6.45, 7) is 9.36. The normalized spacial score (nSPS) is 12.5. The average molecular weight is 743 g/mol. The number of nitrogens with zero attached hydrogens (tertiary/aromatic N) is 2. The van der Waals surface area contributed by atoms with Gasteiger partial charge in [0.05, 0.1) is 0 Å². The highest BCUT2D eigenvalue weighted by atomic mass is 16.6. The van der Waals surface area contributed by atoms with Crippen LogP contribution in [-0.2, 0) is 46.5 Å². The predicted molar refractivity (Wildman–Crippen MR) is 194 cm³/mol. The number of carbonyl (C=O) groups excluding carboxylic acids is 6. The third-order valence-corrected chi connectivity index (χ3v) is 7.22. The summed E-state index contributed by atoms with van der Waals surface area (Å²) in [6.07, 6.45) is -4.05. The second-order valence-corrected chi connectivity index (χ2v) is 14.1. The van der Waals surface area contributed by atoms with Crippen molar-refractivity contribution < 1.29 is 52.5 Å². The van der Waals surface area contributed by atoms with Crippen LogP contribution in [0.2, 0.25) is 0 Å². The quantitative estimate of drug-likeness (QED) is 0.0851. The maximum absolute atomic E-state index is 14.0. The molecule has 0 unspecified atom stereocenters. The van der Waals surface area contributed by atoms with Gasteiger partial charge >= 0.3 is 36.3 Å². The SMILES string of the molecule is CC(C)(C)OC(=O)N(C(=O)OCc1ccccc1)[C@@H](CCCCN)C(=O)OC(=O)[C@H](CCCCN)N(C(=O)OCc1ccccc1)C(=O)OC(C)(C)C. The minimum atomic E-state index is -1.73. The minimum absolute atomic E-state index is 0.185. The van der Waals surface area contributed by atoms with Crippen molar-refractivity contribution in [3.63, 3.8) is 0 Å². The molecular formula is C38H54N4O11. The Morgan fingerprint density at radius 1 is 0.547 bits per heavy atom. The van der Waals surface area contributed by atoms with E-state index in [1.54, 1.807) is 102 Å². The van der Waals surface area contributed by atoms with Crippen molar-refractivity contribution in [1.82, 2.24) is 9.80 Å². The topological polar surface area (TPSA) is 207 Å². The van der Waals surface area contributed by atoms with Crippen LogP contribution in [0.4, 0.5) is 19.2 Å². The van der Waals surface area contributed by atoms with Crippen LogP contribution in [0.5, 0.6) is 0 Å². The first kappa shape index (κ1) is 44.1. The number of esters is 2. The number of unbranched alkanes of at least 4 members (excludes halogenated alkanes) is 2. The highest BCUT2D eigenvalue weighted by molar-refractivity contribution is 6.00. The predicted octanol–water partition coefficient (Wildman–Crippen LogP) is 6.20. The fourth-order valence-corrected chi connectivity index (χ4v) is 4.76. The molecule has 15 heteroatoms. The van der Waals surface area contributed by atoms with E-state index in [4.69, 9.17) is 35.2 Å². The molecule has 53 heavy (non-hydrogen) atoms. The van der Waals surface area contributed by atoms with E-state index in [0.29, 0.717) is 33.8 Å². The van der Waals surface area contributed by atoms with Gasteiger partial charge in [0.1, 0.15) is 36.5 Å². The van der Waals surface area contributed by atoms with Crippen LogP contribution in [0.15, 0.2) is 60.7 Å². The van der Waals surface area contributed by atoms with E-state index in [1.807, 2.05) is 0 Å². The molecule has 0 aliphatic carbocycles. The lowest BCUT2D eigenvalue weighted by Gasteiger charge is -2.32. The lowest BCUT2D eigenvalue weighted by atomic mass is 10.1. The highest BCUT2D eigenvalue weighted by Crippen LogP contribution is 2.22. The molecule has 2 rings (SSSR count). The lowest BCUT2D eigenvalue weighted by molar-refractivity contribution is -0.167. The summed E-state index contributed by atoms with van der Waals surface area (Å²) in [7, 11) is 0. The molecule has 0 spiro atoms. The Morgan fingerprint density at radius 3 is 1.19 bits per heavy atom. The molecule has 0 bridgehead atoms. The van der Waals surface area contributed by atoms with Gasteiger partial charge < -0.3 is 35.2 Å². The van der Waals surface area contributed by atoms with Crippen molar-refractivity contribution in [2.24, 2.45) is 11.5 Å². The maximum atomic E-state index is 14.0. The van der Waals surface area contributed by atoms with Crippen molar-refractivity contribution >= 4 is 36.3 Å². The van der Waals surface area contributed by atoms with Crippen LogP contribution in [0.25, 0.3) is 0 Å². The van der Waals surface area contributed by atoms with E-state index in [2.05, 4.69) is 0 Å². The number of ether oxygens (including phenoxy) is 5. The maximum Gasteiger partial charge on any atom is 0.420 e. The highest BCUT2D eigenvalue weighted by Gasteiger charge is 2.44. The van der Waals surface area contributed by atoms with E-state index in [1.165, 1.54) is 0 Å². The molecule has 0 aliphatic heterocycles. The Morgan fingerprint density at radius 2 is 0.887 bits per heavy atom. The molecule has 0 radical (unpaired) electrons. The van der Waals surface area contributed by atoms with Gasteiger partial charge in [-0.1, -0.05) is 60.7 Å². The molecule has 0 saturated heterocycles. The van der Waals surface area contributed by atoms with Gasteiger partial charge in [0, 0.05) is 0 Å². The number of carbonyl (C=O) groups is 6. The number of amides is 4. The number of nitrogens with two attached hydrogens (primary N) is 2. The summed E-state index contributed by atoms with van der Waals surface area (Å²) in [6, 6.07) is 13.8. The van der Waals surface area contributed by atoms with Gasteiger partial charge in [-0.15, -0.1) is 0 Å². The fraction of sp³-hybridized carbons (Fsp3) is 0.526. The zero-order valence-corrected chi connectivity index (χ0v) is 31.5. The molecule has 0 aliphatic rings. The van der Waals surface area contributed by atoms with Crippen LogP contribution in [0, 0.1) is 0 Å². The summed E-state index contributed by atoms with van der Waals surface area (Å²) >= 11 is 0. The minimum Gasteiger partial charge on any atom is -0.444 e. The van der Waals surface area contributed by atoms with E-state index >= 15 is 0 Å². The summed E-state index contributed by atoms with van der Waals surface area (Å²) in [4.78, 5) is 83.1. The summed E-state index contributed by atoms with van der Waals surface area (Å²) in [5, 5.41) is 0. The molecule has 15 nitrogen and oxygen atoms in total. The second-order valence-electron chi connectivity index (χ2n) is 14.1. The Bertz CT molecular complexity index is 1380. The molecule has 4 N–H and O–H groups in total. The Labute approximate surface area is 311 Å². The number of rotatable bonds is 16. The molecule has 2 aromatic carbocycles. The smallest absolute Gasteiger partial charge is 0.420 e. The number of benzene rings is 2. The summed E-state index contributed by atoms with van der Waals surface area (Å²) in [5.74, 6) is -2.67. The average Bonchev–Trinajstić information content (AvgIpc) is 3.08. The van der Waals surface area contributed by atoms with Crippen LogP contribution >= 0.6 is 0 Å². The van der Waals surface area contributed by atoms with Gasteiger partial charge in [-0.2, -0.15) is 9.80 Å². The fourth-order valence-electron chi connectivity index (χ4n) is 4.76. The summed E-state index contributed by atoms with van der Waals surface area (Å²) in [5.41, 5.74) is 10.4. The van der Waals surface area contributed by atoms with Crippen molar-refractivity contribution in [1.29, 1.82) is 0 Å². The number of hydrogen-bond acceptors (Lipinski definition) is 13. The van der Waals surface area contributed by atoms with Gasteiger partial charge in [-0.05, 0) is 104 Å². The molecule has 4 amide bonds. The summed E-state index contributed by atoms with van der Waals surface area (Å²) < 4.78 is 27.1. The molecule has 0 heterocycles. The first-order valence-electron chi connectivity index (χ1n) is 17.6. The molecule has 0 aromatic heterocycles. The Hall–Kier alpha value is -5.02. The van der Waals surface area contributed by atoms with Gasteiger partial charge in [0.2, 0.25) is 0 Å². The number of hydrogen-bond donors (Lipinski definition) is 2. The van der Waals surface area contributed by atoms with E-state index in [0.717, 1.165) is 0 Å². The third-order valence-electron chi connectivity index (χ3n) is 7.22. The van der Waals surface area contributed by atoms with E-state index < -0.39 is 59.6 Å². The Kier molecular flexibility index (Phi) is 17.9. The van der Waals surface area contributed by atoms with E-state index in [-0.39, 0.29) is 52.0 Å². The molecule has 0 saturated carbocycles. The standard InChI is InChI=1S/C38H54N4O11/c1-37(2,3)52-35(47)41(33(45)49-25-27-17-9-7-10-18-27)29(21-13-15-23-39)31(43)51-32(44)30(22-14-16-24-40)42(36(48)53-38(4,5)6)34(46)50-26-28-19-11-8-12-20-28/h7-12,17-20,29-30H,13-16,21-26,39-40H2,1-6H3/t29-,30-/m0/s1. The third kappa shape index (κ3) is 16.0. The second kappa shape index (κ2) is 21.5. The van der Waals surface area contributed by atoms with Gasteiger partial charge in [0.25, 0.3) is 0 Å². The van der Waals surface area contributed by atoms with Gasteiger partial charge in [0.15, 0.2) is 0 Å². The lowest BCUT2D eigenvalue weighted by Crippen LogP contribution is -2.54. The first-order chi connectivity index (χ1) is 25.0. The molecule has 0 fully saturated rings. The molecule has 2 atom stereocenters. The molecular weight excluding hydrogens is 688 g/mol. The van der Waals surface area contributed by atoms with Crippen molar-refractivity contribution in [3.05, 3.63) is 71.8 Å². The van der Waals surface area contributed by atoms with Crippen molar-refractivity contribution in [3.8, 4) is 0 Å². The monoisotopic (exact) mass is 742 g/mol. The van der Waals surface area contributed by atoms with Crippen molar-refractivity contribution in [2.45, 2.75) is 117 Å². The Balaban J connectivity index is 2.52. The zero-order valence-electron chi connectivity index (χ0n) is 31.5. The van der Waals surface area contributed by atoms with Crippen LogP contribution in [0.1, 0.15) is 91.2 Å². The zero-order chi connectivity index (χ0) is 39.6. The molecule has 2 aromatic rings. The first-order valence-corrected chi connectivity index (χ1v) is 17.6. The molecule has 292 valence electrons. The number of imide groups is 2. The van der Waals surface area contributed by atoms with Gasteiger partial charge in [-0.25, -0.2) is 28.8 Å². The van der Waals surface area contributed by atoms with Crippen LogP contribution in [-0.4, -0.2) is 82.5 Å².